The van der Waals surface area contributed by atoms with E-state index in [0.717, 1.165) is 28.8 Å². The topological polar surface area (TPSA) is 115 Å². The summed E-state index contributed by atoms with van der Waals surface area (Å²) in [5.74, 6) is 1.27. The van der Waals surface area contributed by atoms with Gasteiger partial charge >= 0.3 is 0 Å². The van der Waals surface area contributed by atoms with Crippen LogP contribution in [0, 0.1) is 29.1 Å². The van der Waals surface area contributed by atoms with Crippen LogP contribution in [0.3, 0.4) is 0 Å². The minimum Gasteiger partial charge on any atom is -0.508 e. The molecule has 2 aromatic rings. The number of hydrogen-bond donors (Lipinski definition) is 4. The summed E-state index contributed by atoms with van der Waals surface area (Å²) in [4.78, 5) is 22.2. The molecule has 44 heavy (non-hydrogen) atoms. The maximum absolute atomic E-state index is 14.1. The number of nitrogens with one attached hydrogen (secondary N) is 1. The average Bonchev–Trinajstić information content (AvgIpc) is 3.36. The summed E-state index contributed by atoms with van der Waals surface area (Å²) in [5.41, 5.74) is 4.20. The first-order valence-electron chi connectivity index (χ1n) is 15.7. The zero-order valence-electron chi connectivity index (χ0n) is 27.1. The first kappa shape index (κ1) is 32.3. The Morgan fingerprint density at radius 3 is 2.55 bits per heavy atom. The van der Waals surface area contributed by atoms with Crippen molar-refractivity contribution in [2.45, 2.75) is 71.4 Å². The molecule has 9 nitrogen and oxygen atoms in total. The highest BCUT2D eigenvalue weighted by molar-refractivity contribution is 5.83. The Labute approximate surface area is 261 Å². The molecule has 3 aliphatic carbocycles. The van der Waals surface area contributed by atoms with E-state index in [1.54, 1.807) is 19.1 Å². The minimum absolute atomic E-state index is 0.0308. The lowest BCUT2D eigenvalue weighted by molar-refractivity contribution is -0.183. The Hall–Kier alpha value is -3.11. The molecule has 2 aromatic carbocycles. The summed E-state index contributed by atoms with van der Waals surface area (Å²) in [6.07, 6.45) is 0.544. The van der Waals surface area contributed by atoms with Crippen molar-refractivity contribution in [3.63, 3.8) is 0 Å². The average molecular weight is 608 g/mol. The van der Waals surface area contributed by atoms with E-state index in [9.17, 15) is 20.1 Å². The van der Waals surface area contributed by atoms with Crippen LogP contribution in [0.15, 0.2) is 43.0 Å². The van der Waals surface area contributed by atoms with Crippen molar-refractivity contribution in [1.29, 1.82) is 0 Å². The van der Waals surface area contributed by atoms with Crippen LogP contribution in [0.4, 0.5) is 5.69 Å². The Morgan fingerprint density at radius 1 is 1.25 bits per heavy atom. The molecule has 9 heteroatoms. The fourth-order valence-corrected chi connectivity index (χ4v) is 8.02. The summed E-state index contributed by atoms with van der Waals surface area (Å²) in [6.45, 7) is 12.1. The van der Waals surface area contributed by atoms with E-state index in [2.05, 4.69) is 32.7 Å². The van der Waals surface area contributed by atoms with E-state index in [-0.39, 0.29) is 30.9 Å². The van der Waals surface area contributed by atoms with Crippen molar-refractivity contribution in [3.8, 4) is 16.9 Å². The monoisotopic (exact) mass is 607 g/mol. The highest BCUT2D eigenvalue weighted by Crippen LogP contribution is 2.61. The van der Waals surface area contributed by atoms with Gasteiger partial charge in [0.15, 0.2) is 0 Å². The van der Waals surface area contributed by atoms with Crippen molar-refractivity contribution < 1.29 is 29.7 Å². The molecule has 8 atom stereocenters. The number of aliphatic hydroxyl groups excluding tert-OH is 3. The molecule has 3 saturated carbocycles. The predicted molar refractivity (Wildman–Crippen MR) is 172 cm³/mol. The highest BCUT2D eigenvalue weighted by Gasteiger charge is 2.57. The number of nitrogens with zero attached hydrogens (tertiary/aromatic N) is 2. The number of hydroxylamine groups is 2. The number of carbonyl (C=O) groups is 1. The number of hydrogen-bond acceptors (Lipinski definition) is 8. The fourth-order valence-electron chi connectivity index (χ4n) is 8.02. The van der Waals surface area contributed by atoms with Crippen LogP contribution in [0.1, 0.15) is 51.7 Å². The van der Waals surface area contributed by atoms with Gasteiger partial charge in [-0.2, -0.15) is 5.06 Å². The van der Waals surface area contributed by atoms with E-state index in [1.165, 1.54) is 6.42 Å². The summed E-state index contributed by atoms with van der Waals surface area (Å²) in [5, 5.41) is 36.2. The third-order valence-corrected chi connectivity index (χ3v) is 10.8. The van der Waals surface area contributed by atoms with Gasteiger partial charge in [-0.1, -0.05) is 45.5 Å². The summed E-state index contributed by atoms with van der Waals surface area (Å²) >= 11 is 0. The summed E-state index contributed by atoms with van der Waals surface area (Å²) in [7, 11) is 5.47. The standard InChI is InChI=1S/C35H49N3O6/c1-19-28-15-25(35(28,4)5)16-29(19)36-34(42)32-31(21(3)41)30(18-39)44-38(32)17-22-10-9-11-27(33(22)43-8)24-12-23(20(2)40)13-26(14-24)37(6)7/h9-14,19,21,25,28-32,39-41H,2,15-18H2,1,3-8H3,(H,36,42)/t19-,21-,25+,28-,29-,30-,31+,32-/m0/s1. The van der Waals surface area contributed by atoms with E-state index in [1.807, 2.05) is 55.4 Å². The van der Waals surface area contributed by atoms with Crippen molar-refractivity contribution in [2.75, 3.05) is 32.7 Å². The number of methoxy groups -OCH3 is 1. The third-order valence-electron chi connectivity index (χ3n) is 10.8. The van der Waals surface area contributed by atoms with Crippen LogP contribution in [0.5, 0.6) is 5.75 Å². The normalized spacial score (nSPS) is 29.9. The summed E-state index contributed by atoms with van der Waals surface area (Å²) in [6, 6.07) is 10.8. The van der Waals surface area contributed by atoms with Gasteiger partial charge in [-0.05, 0) is 66.7 Å². The molecule has 2 bridgehead atoms. The van der Waals surface area contributed by atoms with Gasteiger partial charge < -0.3 is 30.3 Å². The van der Waals surface area contributed by atoms with Gasteiger partial charge in [0.25, 0.3) is 0 Å². The minimum atomic E-state index is -0.879. The quantitative estimate of drug-likeness (QED) is 0.290. The number of anilines is 1. The van der Waals surface area contributed by atoms with Gasteiger partial charge in [0.2, 0.25) is 5.91 Å². The highest BCUT2D eigenvalue weighted by atomic mass is 16.7. The molecule has 6 rings (SSSR count). The van der Waals surface area contributed by atoms with Crippen LogP contribution in [0.2, 0.25) is 0 Å². The second-order valence-electron chi connectivity index (χ2n) is 13.8. The van der Waals surface area contributed by atoms with Crippen LogP contribution < -0.4 is 15.0 Å². The second-order valence-corrected chi connectivity index (χ2v) is 13.8. The van der Waals surface area contributed by atoms with Gasteiger partial charge in [0.1, 0.15) is 23.7 Å². The lowest BCUT2D eigenvalue weighted by Gasteiger charge is -2.62. The zero-order valence-corrected chi connectivity index (χ0v) is 27.1. The Bertz CT molecular complexity index is 1390. The third kappa shape index (κ3) is 5.71. The van der Waals surface area contributed by atoms with Crippen molar-refractivity contribution in [2.24, 2.45) is 29.1 Å². The van der Waals surface area contributed by atoms with Crippen molar-refractivity contribution in [1.82, 2.24) is 10.4 Å². The maximum Gasteiger partial charge on any atom is 0.240 e. The van der Waals surface area contributed by atoms with E-state index >= 15 is 0 Å². The van der Waals surface area contributed by atoms with E-state index in [4.69, 9.17) is 9.57 Å². The molecule has 4 aliphatic rings. The number of ether oxygens (including phenoxy) is 1. The molecule has 4 fully saturated rings. The van der Waals surface area contributed by atoms with Gasteiger partial charge in [0.05, 0.1) is 26.4 Å². The maximum atomic E-state index is 14.1. The predicted octanol–water partition coefficient (Wildman–Crippen LogP) is 4.62. The first-order chi connectivity index (χ1) is 20.8. The molecule has 1 aliphatic heterocycles. The Kier molecular flexibility index (Phi) is 9.06. The molecule has 0 spiro atoms. The van der Waals surface area contributed by atoms with Gasteiger partial charge in [0, 0.05) is 48.4 Å². The number of para-hydroxylation sites is 1. The number of benzene rings is 2. The van der Waals surface area contributed by atoms with E-state index < -0.39 is 24.2 Å². The molecule has 0 unspecified atom stereocenters. The lowest BCUT2D eigenvalue weighted by Crippen LogP contribution is -2.62. The molecule has 1 amide bonds. The van der Waals surface area contributed by atoms with Gasteiger partial charge in [-0.3, -0.25) is 9.63 Å². The molecule has 0 radical (unpaired) electrons. The SMILES string of the molecule is C=C(O)c1cc(-c2cccc(CN3O[C@@H](CO)[C@@H]([C@H](C)O)[C@H]3C(=O)N[C@H]3C[C@H]4C[C@@H]([C@@H]3C)C4(C)C)c2OC)cc(N(C)C)c1. The fraction of sp³-hybridized carbons (Fsp3) is 0.571. The largest absolute Gasteiger partial charge is 0.508 e. The smallest absolute Gasteiger partial charge is 0.240 e. The van der Waals surface area contributed by atoms with Crippen molar-refractivity contribution in [3.05, 3.63) is 54.1 Å². The number of amides is 1. The Morgan fingerprint density at radius 2 is 1.98 bits per heavy atom. The number of aliphatic hydroxyl groups is 3. The molecular formula is C35H49N3O6. The molecule has 1 saturated heterocycles. The molecular weight excluding hydrogens is 558 g/mol. The Balaban J connectivity index is 1.46. The molecule has 1 heterocycles. The van der Waals surface area contributed by atoms with Crippen LogP contribution in [-0.2, 0) is 16.2 Å². The number of fused-ring (bicyclic) bond motifs is 2. The summed E-state index contributed by atoms with van der Waals surface area (Å²) < 4.78 is 5.96. The van der Waals surface area contributed by atoms with Crippen molar-refractivity contribution >= 4 is 17.4 Å². The van der Waals surface area contributed by atoms with Gasteiger partial charge in [-0.15, -0.1) is 0 Å². The van der Waals surface area contributed by atoms with E-state index in [0.29, 0.717) is 34.5 Å². The van der Waals surface area contributed by atoms with Crippen LogP contribution in [-0.4, -0.2) is 78.4 Å². The van der Waals surface area contributed by atoms with Gasteiger partial charge in [-0.25, -0.2) is 0 Å². The first-order valence-corrected chi connectivity index (χ1v) is 15.7. The number of rotatable bonds is 10. The second kappa shape index (κ2) is 12.4. The number of carbonyl (C=O) groups excluding carboxylic acids is 1. The van der Waals surface area contributed by atoms with Crippen LogP contribution in [0.25, 0.3) is 16.9 Å². The molecule has 240 valence electrons. The zero-order chi connectivity index (χ0) is 32.1. The molecule has 4 N–H and O–H groups in total. The lowest BCUT2D eigenvalue weighted by atomic mass is 9.45. The van der Waals surface area contributed by atoms with Crippen LogP contribution >= 0.6 is 0 Å². The molecule has 0 aromatic heterocycles.